The highest BCUT2D eigenvalue weighted by Crippen LogP contribution is 2.27. The minimum atomic E-state index is -0.510. The summed E-state index contributed by atoms with van der Waals surface area (Å²) in [6.45, 7) is 2.72. The van der Waals surface area contributed by atoms with E-state index >= 15 is 0 Å². The zero-order chi connectivity index (χ0) is 20.3. The molecule has 2 aromatic carbocycles. The maximum absolute atomic E-state index is 12.2. The molecule has 9 heteroatoms. The zero-order valence-electron chi connectivity index (χ0n) is 15.4. The first-order chi connectivity index (χ1) is 13.4. The van der Waals surface area contributed by atoms with Gasteiger partial charge in [-0.15, -0.1) is 0 Å². The average Bonchev–Trinajstić information content (AvgIpc) is 2.73. The Morgan fingerprint density at radius 3 is 2.18 bits per heavy atom. The van der Waals surface area contributed by atoms with Gasteiger partial charge in [0, 0.05) is 56.6 Å². The Hall–Kier alpha value is -3.62. The first-order valence-electron chi connectivity index (χ1n) is 8.81. The van der Waals surface area contributed by atoms with Crippen molar-refractivity contribution in [3.05, 3.63) is 63.7 Å². The van der Waals surface area contributed by atoms with Crippen molar-refractivity contribution >= 4 is 28.9 Å². The SMILES string of the molecule is CNC(=O)c1cc([N+](=O)[O-])ccc1N1CCN(c2ccc(C(N)=O)cc2)CC1. The highest BCUT2D eigenvalue weighted by atomic mass is 16.6. The monoisotopic (exact) mass is 383 g/mol. The summed E-state index contributed by atoms with van der Waals surface area (Å²) in [7, 11) is 1.50. The Morgan fingerprint density at radius 1 is 1.04 bits per heavy atom. The number of amides is 2. The van der Waals surface area contributed by atoms with Crippen LogP contribution in [-0.2, 0) is 0 Å². The third kappa shape index (κ3) is 3.88. The molecule has 0 bridgehead atoms. The molecule has 0 radical (unpaired) electrons. The van der Waals surface area contributed by atoms with Gasteiger partial charge < -0.3 is 20.9 Å². The molecule has 0 unspecified atom stereocenters. The van der Waals surface area contributed by atoms with Crippen LogP contribution in [-0.4, -0.2) is 50.0 Å². The lowest BCUT2D eigenvalue weighted by Gasteiger charge is -2.38. The molecule has 1 aliphatic heterocycles. The number of rotatable bonds is 5. The number of carbonyl (C=O) groups excluding carboxylic acids is 2. The third-order valence-corrected chi connectivity index (χ3v) is 4.80. The molecule has 2 amide bonds. The van der Waals surface area contributed by atoms with Gasteiger partial charge in [-0.3, -0.25) is 19.7 Å². The Kier molecular flexibility index (Phi) is 5.44. The second-order valence-corrected chi connectivity index (χ2v) is 6.42. The lowest BCUT2D eigenvalue weighted by atomic mass is 10.1. The summed E-state index contributed by atoms with van der Waals surface area (Å²) in [5.41, 5.74) is 7.57. The molecule has 3 N–H and O–H groups in total. The molecule has 28 heavy (non-hydrogen) atoms. The number of nitro groups is 1. The number of nitrogens with one attached hydrogen (secondary N) is 1. The van der Waals surface area contributed by atoms with Crippen LogP contribution in [0.3, 0.4) is 0 Å². The lowest BCUT2D eigenvalue weighted by molar-refractivity contribution is -0.384. The van der Waals surface area contributed by atoms with Crippen molar-refractivity contribution in [3.8, 4) is 0 Å². The van der Waals surface area contributed by atoms with Crippen molar-refractivity contribution in [2.75, 3.05) is 43.0 Å². The molecule has 1 fully saturated rings. The van der Waals surface area contributed by atoms with Crippen molar-refractivity contribution in [3.63, 3.8) is 0 Å². The van der Waals surface area contributed by atoms with E-state index in [0.29, 0.717) is 37.4 Å². The van der Waals surface area contributed by atoms with Gasteiger partial charge in [0.25, 0.3) is 11.6 Å². The van der Waals surface area contributed by atoms with Gasteiger partial charge in [-0.25, -0.2) is 0 Å². The van der Waals surface area contributed by atoms with E-state index in [1.165, 1.54) is 19.2 Å². The summed E-state index contributed by atoms with van der Waals surface area (Å²) in [6, 6.07) is 11.5. The topological polar surface area (TPSA) is 122 Å². The van der Waals surface area contributed by atoms with Crippen LogP contribution in [0.2, 0.25) is 0 Å². The predicted molar refractivity (Wildman–Crippen MR) is 106 cm³/mol. The molecule has 0 atom stereocenters. The first kappa shape index (κ1) is 19.2. The molecular formula is C19H21N5O4. The molecule has 0 aliphatic carbocycles. The molecule has 3 rings (SSSR count). The number of nitro benzene ring substituents is 1. The Labute approximate surface area is 161 Å². The standard InChI is InChI=1S/C19H21N5O4/c1-21-19(26)16-12-15(24(27)28)6-7-17(16)23-10-8-22(9-11-23)14-4-2-13(3-5-14)18(20)25/h2-7,12H,8-11H2,1H3,(H2,20,25)(H,21,26). The van der Waals surface area contributed by atoms with Crippen LogP contribution in [0.4, 0.5) is 17.1 Å². The highest BCUT2D eigenvalue weighted by Gasteiger charge is 2.23. The lowest BCUT2D eigenvalue weighted by Crippen LogP contribution is -2.47. The van der Waals surface area contributed by atoms with Crippen molar-refractivity contribution in [1.29, 1.82) is 0 Å². The van der Waals surface area contributed by atoms with Gasteiger partial charge in [-0.05, 0) is 30.3 Å². The van der Waals surface area contributed by atoms with Crippen LogP contribution in [0.1, 0.15) is 20.7 Å². The van der Waals surface area contributed by atoms with Crippen molar-refractivity contribution in [2.24, 2.45) is 5.73 Å². The van der Waals surface area contributed by atoms with Crippen molar-refractivity contribution in [2.45, 2.75) is 0 Å². The van der Waals surface area contributed by atoms with Crippen LogP contribution in [0.15, 0.2) is 42.5 Å². The molecule has 1 heterocycles. The summed E-state index contributed by atoms with van der Waals surface area (Å²) in [6.07, 6.45) is 0. The maximum atomic E-state index is 12.2. The summed E-state index contributed by atoms with van der Waals surface area (Å²) in [5, 5.41) is 13.6. The highest BCUT2D eigenvalue weighted by molar-refractivity contribution is 6.00. The van der Waals surface area contributed by atoms with E-state index in [4.69, 9.17) is 5.73 Å². The molecule has 9 nitrogen and oxygen atoms in total. The number of primary amides is 1. The number of carbonyl (C=O) groups is 2. The van der Waals surface area contributed by atoms with Crippen LogP contribution in [0.25, 0.3) is 0 Å². The van der Waals surface area contributed by atoms with Crippen molar-refractivity contribution < 1.29 is 14.5 Å². The Balaban J connectivity index is 1.76. The number of benzene rings is 2. The second-order valence-electron chi connectivity index (χ2n) is 6.42. The van der Waals surface area contributed by atoms with Gasteiger partial charge in [0.05, 0.1) is 16.2 Å². The van der Waals surface area contributed by atoms with Crippen LogP contribution >= 0.6 is 0 Å². The number of piperazine rings is 1. The van der Waals surface area contributed by atoms with E-state index in [1.807, 2.05) is 17.0 Å². The van der Waals surface area contributed by atoms with Gasteiger partial charge in [0.1, 0.15) is 0 Å². The zero-order valence-corrected chi connectivity index (χ0v) is 15.4. The molecular weight excluding hydrogens is 362 g/mol. The molecule has 0 saturated carbocycles. The number of hydrogen-bond acceptors (Lipinski definition) is 6. The van der Waals surface area contributed by atoms with E-state index in [2.05, 4.69) is 10.2 Å². The van der Waals surface area contributed by atoms with Gasteiger partial charge in [-0.2, -0.15) is 0 Å². The van der Waals surface area contributed by atoms with Gasteiger partial charge in [0.15, 0.2) is 0 Å². The quantitative estimate of drug-likeness (QED) is 0.594. The van der Waals surface area contributed by atoms with E-state index in [9.17, 15) is 19.7 Å². The predicted octanol–water partition coefficient (Wildman–Crippen LogP) is 1.38. The first-order valence-corrected chi connectivity index (χ1v) is 8.81. The third-order valence-electron chi connectivity index (χ3n) is 4.80. The van der Waals surface area contributed by atoms with Gasteiger partial charge in [0.2, 0.25) is 5.91 Å². The van der Waals surface area contributed by atoms with Crippen LogP contribution in [0.5, 0.6) is 0 Å². The largest absolute Gasteiger partial charge is 0.368 e. The molecule has 2 aromatic rings. The Morgan fingerprint density at radius 2 is 1.64 bits per heavy atom. The fourth-order valence-corrected chi connectivity index (χ4v) is 3.27. The van der Waals surface area contributed by atoms with Crippen LogP contribution in [0, 0.1) is 10.1 Å². The summed E-state index contributed by atoms with van der Waals surface area (Å²) in [5.74, 6) is -0.820. The molecule has 0 spiro atoms. The number of nitrogens with two attached hydrogens (primary N) is 1. The number of anilines is 2. The normalized spacial score (nSPS) is 13.9. The smallest absolute Gasteiger partial charge is 0.270 e. The molecule has 0 aromatic heterocycles. The average molecular weight is 383 g/mol. The van der Waals surface area contributed by atoms with Crippen molar-refractivity contribution in [1.82, 2.24) is 5.32 Å². The molecule has 146 valence electrons. The number of nitrogens with zero attached hydrogens (tertiary/aromatic N) is 3. The summed E-state index contributed by atoms with van der Waals surface area (Å²) >= 11 is 0. The van der Waals surface area contributed by atoms with E-state index in [0.717, 1.165) is 5.69 Å². The Bertz CT molecular complexity index is 905. The summed E-state index contributed by atoms with van der Waals surface area (Å²) < 4.78 is 0. The molecule has 1 saturated heterocycles. The van der Waals surface area contributed by atoms with Crippen LogP contribution < -0.4 is 20.9 Å². The van der Waals surface area contributed by atoms with E-state index in [1.54, 1.807) is 18.2 Å². The fraction of sp³-hybridized carbons (Fsp3) is 0.263. The number of hydrogen-bond donors (Lipinski definition) is 2. The molecule has 1 aliphatic rings. The van der Waals surface area contributed by atoms with Gasteiger partial charge in [-0.1, -0.05) is 0 Å². The minimum Gasteiger partial charge on any atom is -0.368 e. The maximum Gasteiger partial charge on any atom is 0.270 e. The van der Waals surface area contributed by atoms with E-state index < -0.39 is 10.8 Å². The van der Waals surface area contributed by atoms with Gasteiger partial charge >= 0.3 is 0 Å². The van der Waals surface area contributed by atoms with E-state index in [-0.39, 0.29) is 17.2 Å². The second kappa shape index (κ2) is 7.95. The summed E-state index contributed by atoms with van der Waals surface area (Å²) in [4.78, 5) is 38.2. The number of non-ortho nitro benzene ring substituents is 1. The minimum absolute atomic E-state index is 0.115. The fourth-order valence-electron chi connectivity index (χ4n) is 3.27.